The second-order valence-electron chi connectivity index (χ2n) is 9.48. The largest absolute Gasteiger partial charge is 0.497 e. The van der Waals surface area contributed by atoms with Crippen LogP contribution in [-0.4, -0.2) is 64.2 Å². The molecule has 11 heteroatoms. The average Bonchev–Trinajstić information content (AvgIpc) is 2.89. The Labute approximate surface area is 230 Å². The van der Waals surface area contributed by atoms with Crippen molar-refractivity contribution in [3.05, 3.63) is 53.1 Å². The van der Waals surface area contributed by atoms with Crippen molar-refractivity contribution in [2.75, 3.05) is 31.3 Å². The summed E-state index contributed by atoms with van der Waals surface area (Å²) in [6, 6.07) is 10.9. The number of nitrogens with zero attached hydrogens (tertiary/aromatic N) is 2. The molecule has 2 amide bonds. The molecule has 0 unspecified atom stereocenters. The molecule has 1 aliphatic rings. The molecular formula is C27H36ClN3O6S. The van der Waals surface area contributed by atoms with Crippen molar-refractivity contribution in [3.63, 3.8) is 0 Å². The predicted octanol–water partition coefficient (Wildman–Crippen LogP) is 3.99. The maximum absolute atomic E-state index is 13.8. The number of rotatable bonds is 11. The van der Waals surface area contributed by atoms with Crippen molar-refractivity contribution < 1.29 is 27.5 Å². The van der Waals surface area contributed by atoms with Crippen molar-refractivity contribution in [1.82, 2.24) is 10.2 Å². The predicted molar refractivity (Wildman–Crippen MR) is 148 cm³/mol. The van der Waals surface area contributed by atoms with Crippen molar-refractivity contribution >= 4 is 39.1 Å². The Balaban J connectivity index is 1.93. The van der Waals surface area contributed by atoms with E-state index >= 15 is 0 Å². The van der Waals surface area contributed by atoms with Crippen LogP contribution in [-0.2, 0) is 26.2 Å². The monoisotopic (exact) mass is 565 g/mol. The van der Waals surface area contributed by atoms with Gasteiger partial charge in [-0.25, -0.2) is 8.42 Å². The lowest BCUT2D eigenvalue weighted by Gasteiger charge is -2.33. The Kier molecular flexibility index (Phi) is 10.3. The minimum Gasteiger partial charge on any atom is -0.497 e. The molecule has 0 saturated heterocycles. The van der Waals surface area contributed by atoms with Gasteiger partial charge in [-0.3, -0.25) is 13.9 Å². The topological polar surface area (TPSA) is 105 Å². The summed E-state index contributed by atoms with van der Waals surface area (Å²) in [6.45, 7) is 1.19. The number of sulfonamides is 1. The number of anilines is 1. The van der Waals surface area contributed by atoms with Crippen molar-refractivity contribution in [1.29, 1.82) is 0 Å². The number of carbonyl (C=O) groups excluding carboxylic acids is 2. The van der Waals surface area contributed by atoms with Crippen LogP contribution in [0.1, 0.15) is 44.6 Å². The number of amides is 2. The molecule has 3 rings (SSSR count). The van der Waals surface area contributed by atoms with Crippen LogP contribution in [0.3, 0.4) is 0 Å². The zero-order valence-corrected chi connectivity index (χ0v) is 23.8. The molecule has 1 aliphatic carbocycles. The summed E-state index contributed by atoms with van der Waals surface area (Å²) in [4.78, 5) is 28.4. The second kappa shape index (κ2) is 13.2. The van der Waals surface area contributed by atoms with Crippen molar-refractivity contribution in [3.8, 4) is 11.5 Å². The van der Waals surface area contributed by atoms with E-state index in [2.05, 4.69) is 5.32 Å². The first-order valence-corrected chi connectivity index (χ1v) is 14.8. The minimum absolute atomic E-state index is 0.0652. The molecule has 1 N–H and O–H groups in total. The molecule has 38 heavy (non-hydrogen) atoms. The van der Waals surface area contributed by atoms with Crippen LogP contribution in [0, 0.1) is 0 Å². The Morgan fingerprint density at radius 3 is 2.39 bits per heavy atom. The number of ether oxygens (including phenoxy) is 2. The molecule has 0 heterocycles. The summed E-state index contributed by atoms with van der Waals surface area (Å²) in [7, 11) is -1.05. The van der Waals surface area contributed by atoms with Gasteiger partial charge in [0.1, 0.15) is 24.1 Å². The molecule has 1 fully saturated rings. The van der Waals surface area contributed by atoms with Crippen molar-refractivity contribution in [2.45, 2.75) is 57.7 Å². The number of halogens is 1. The molecule has 0 bridgehead atoms. The minimum atomic E-state index is -3.92. The van der Waals surface area contributed by atoms with Gasteiger partial charge < -0.3 is 19.7 Å². The molecule has 1 saturated carbocycles. The first kappa shape index (κ1) is 29.6. The van der Waals surface area contributed by atoms with Gasteiger partial charge in [-0.2, -0.15) is 0 Å². The zero-order chi connectivity index (χ0) is 27.9. The third-order valence-electron chi connectivity index (χ3n) is 6.69. The number of nitrogens with one attached hydrogen (secondary N) is 1. The van der Waals surface area contributed by atoms with E-state index in [0.29, 0.717) is 16.3 Å². The summed E-state index contributed by atoms with van der Waals surface area (Å²) < 4.78 is 37.4. The number of carbonyl (C=O) groups is 2. The van der Waals surface area contributed by atoms with Gasteiger partial charge in [-0.05, 0) is 49.6 Å². The highest BCUT2D eigenvalue weighted by molar-refractivity contribution is 7.92. The summed E-state index contributed by atoms with van der Waals surface area (Å²) in [6.07, 6.45) is 6.07. The molecule has 0 aliphatic heterocycles. The van der Waals surface area contributed by atoms with Crippen LogP contribution in [0.4, 0.5) is 5.69 Å². The maximum atomic E-state index is 13.8. The number of benzene rings is 2. The molecule has 9 nitrogen and oxygen atoms in total. The average molecular weight is 566 g/mol. The lowest BCUT2D eigenvalue weighted by molar-refractivity contribution is -0.139. The van der Waals surface area contributed by atoms with Gasteiger partial charge in [0.2, 0.25) is 21.8 Å². The third kappa shape index (κ3) is 7.77. The van der Waals surface area contributed by atoms with Gasteiger partial charge in [0.15, 0.2) is 0 Å². The molecule has 1 atom stereocenters. The molecule has 208 valence electrons. The van der Waals surface area contributed by atoms with Crippen LogP contribution in [0.15, 0.2) is 42.5 Å². The van der Waals surface area contributed by atoms with Crippen LogP contribution >= 0.6 is 11.6 Å². The van der Waals surface area contributed by atoms with Crippen LogP contribution < -0.4 is 19.1 Å². The van der Waals surface area contributed by atoms with E-state index in [9.17, 15) is 18.0 Å². The fourth-order valence-electron chi connectivity index (χ4n) is 4.57. The number of methoxy groups -OCH3 is 2. The SMILES string of the molecule is COc1ccc(OC)c(N(CC(=O)N(Cc2cccc(Cl)c2)[C@@H](C)C(=O)NC2CCCCC2)S(C)(=O)=O)c1. The van der Waals surface area contributed by atoms with E-state index in [-0.39, 0.29) is 29.9 Å². The molecule has 2 aromatic carbocycles. The van der Waals surface area contributed by atoms with Gasteiger partial charge in [0, 0.05) is 23.7 Å². The van der Waals surface area contributed by atoms with Gasteiger partial charge >= 0.3 is 0 Å². The third-order valence-corrected chi connectivity index (χ3v) is 8.06. The fraction of sp³-hybridized carbons (Fsp3) is 0.481. The zero-order valence-electron chi connectivity index (χ0n) is 22.3. The molecule has 0 radical (unpaired) electrons. The van der Waals surface area contributed by atoms with E-state index in [0.717, 1.165) is 42.7 Å². The summed E-state index contributed by atoms with van der Waals surface area (Å²) >= 11 is 6.17. The van der Waals surface area contributed by atoms with Gasteiger partial charge in [-0.15, -0.1) is 0 Å². The maximum Gasteiger partial charge on any atom is 0.244 e. The number of hydrogen-bond acceptors (Lipinski definition) is 6. The van der Waals surface area contributed by atoms with Crippen molar-refractivity contribution in [2.24, 2.45) is 0 Å². The second-order valence-corrected chi connectivity index (χ2v) is 11.8. The van der Waals surface area contributed by atoms with E-state index in [4.69, 9.17) is 21.1 Å². The van der Waals surface area contributed by atoms with Gasteiger partial charge in [-0.1, -0.05) is 43.0 Å². The van der Waals surface area contributed by atoms with E-state index in [1.807, 2.05) is 0 Å². The van der Waals surface area contributed by atoms with Crippen LogP contribution in [0.5, 0.6) is 11.5 Å². The fourth-order valence-corrected chi connectivity index (χ4v) is 5.63. The summed E-state index contributed by atoms with van der Waals surface area (Å²) in [5.41, 5.74) is 0.873. The lowest BCUT2D eigenvalue weighted by atomic mass is 9.95. The highest BCUT2D eigenvalue weighted by atomic mass is 35.5. The summed E-state index contributed by atoms with van der Waals surface area (Å²) in [5, 5.41) is 3.57. The quantitative estimate of drug-likeness (QED) is 0.442. The van der Waals surface area contributed by atoms with Gasteiger partial charge in [0.25, 0.3) is 0 Å². The number of hydrogen-bond donors (Lipinski definition) is 1. The first-order valence-electron chi connectivity index (χ1n) is 12.6. The smallest absolute Gasteiger partial charge is 0.244 e. The first-order chi connectivity index (χ1) is 18.0. The Hall–Kier alpha value is -2.98. The van der Waals surface area contributed by atoms with Gasteiger partial charge in [0.05, 0.1) is 26.2 Å². The van der Waals surface area contributed by atoms with E-state index < -0.39 is 28.5 Å². The molecule has 0 aromatic heterocycles. The highest BCUT2D eigenvalue weighted by Gasteiger charge is 2.32. The normalized spacial score (nSPS) is 14.9. The van der Waals surface area contributed by atoms with E-state index in [1.165, 1.54) is 25.2 Å². The standard InChI is InChI=1S/C27H36ClN3O6S/c1-19(27(33)29-22-11-6-5-7-12-22)30(17-20-9-8-10-21(28)15-20)26(32)18-31(38(4,34)35)24-16-23(36-2)13-14-25(24)37-3/h8-10,13-16,19,22H,5-7,11-12,17-18H2,1-4H3,(H,29,33)/t19-/m0/s1. The van der Waals surface area contributed by atoms with Crippen LogP contribution in [0.2, 0.25) is 5.02 Å². The Morgan fingerprint density at radius 2 is 1.79 bits per heavy atom. The van der Waals surface area contributed by atoms with E-state index in [1.54, 1.807) is 43.3 Å². The summed E-state index contributed by atoms with van der Waals surface area (Å²) in [5.74, 6) is -0.171. The molecule has 0 spiro atoms. The Morgan fingerprint density at radius 1 is 1.08 bits per heavy atom. The lowest BCUT2D eigenvalue weighted by Crippen LogP contribution is -2.53. The van der Waals surface area contributed by atoms with Crippen LogP contribution in [0.25, 0.3) is 0 Å². The highest BCUT2D eigenvalue weighted by Crippen LogP contribution is 2.34. The molecular weight excluding hydrogens is 530 g/mol. The Bertz CT molecular complexity index is 1230. The molecule has 2 aromatic rings.